The van der Waals surface area contributed by atoms with Crippen molar-refractivity contribution < 1.29 is 19.1 Å². The number of halogens is 1. The molecule has 130 valence electrons. The summed E-state index contributed by atoms with van der Waals surface area (Å²) in [6.45, 7) is -0.183. The van der Waals surface area contributed by atoms with Gasteiger partial charge in [-0.1, -0.05) is 15.9 Å². The molecule has 25 heavy (non-hydrogen) atoms. The normalized spacial score (nSPS) is 10.5. The van der Waals surface area contributed by atoms with Crippen LogP contribution < -0.4 is 20.6 Å². The van der Waals surface area contributed by atoms with E-state index < -0.39 is 11.8 Å². The predicted molar refractivity (Wildman–Crippen MR) is 96.9 cm³/mol. The van der Waals surface area contributed by atoms with Gasteiger partial charge in [-0.25, -0.2) is 5.43 Å². The van der Waals surface area contributed by atoms with Crippen LogP contribution in [0, 0.1) is 0 Å². The number of carbonyl (C=O) groups is 2. The van der Waals surface area contributed by atoms with E-state index in [4.69, 9.17) is 15.2 Å². The predicted octanol–water partition coefficient (Wildman–Crippen LogP) is 2.09. The lowest BCUT2D eigenvalue weighted by atomic mass is 10.2. The first kappa shape index (κ1) is 18.5. The second-order valence-electron chi connectivity index (χ2n) is 4.87. The molecule has 2 aromatic rings. The number of primary amides is 1. The fourth-order valence-corrected chi connectivity index (χ4v) is 2.25. The second-order valence-corrected chi connectivity index (χ2v) is 5.78. The Morgan fingerprint density at radius 3 is 2.60 bits per heavy atom. The fraction of sp³-hybridized carbons (Fsp3) is 0.118. The number of rotatable bonds is 7. The highest BCUT2D eigenvalue weighted by atomic mass is 79.9. The number of nitrogens with zero attached hydrogens (tertiary/aromatic N) is 1. The number of hydrazone groups is 1. The molecule has 7 nitrogen and oxygen atoms in total. The van der Waals surface area contributed by atoms with Crippen molar-refractivity contribution in [2.45, 2.75) is 0 Å². The van der Waals surface area contributed by atoms with Crippen LogP contribution in [-0.4, -0.2) is 31.7 Å². The molecule has 0 aromatic heterocycles. The van der Waals surface area contributed by atoms with Crippen LogP contribution in [0.4, 0.5) is 0 Å². The standard InChI is InChI=1S/C17H16BrN3O4/c1-24-15-7-4-12(18)8-14(15)17(23)21-20-9-11-2-5-13(6-3-11)25-10-16(19)22/h2-9H,10H2,1H3,(H2,19,22)(H,21,23)/b20-9-. The molecule has 0 bridgehead atoms. The van der Waals surface area contributed by atoms with Crippen LogP contribution in [0.5, 0.6) is 11.5 Å². The summed E-state index contributed by atoms with van der Waals surface area (Å²) < 4.78 is 11.1. The van der Waals surface area contributed by atoms with Crippen molar-refractivity contribution >= 4 is 34.0 Å². The lowest BCUT2D eigenvalue weighted by molar-refractivity contribution is -0.119. The average molecular weight is 406 g/mol. The van der Waals surface area contributed by atoms with Gasteiger partial charge in [0.15, 0.2) is 6.61 Å². The third-order valence-electron chi connectivity index (χ3n) is 3.05. The molecule has 0 radical (unpaired) electrons. The largest absolute Gasteiger partial charge is 0.496 e. The van der Waals surface area contributed by atoms with E-state index in [0.717, 1.165) is 10.0 Å². The number of hydrogen-bond donors (Lipinski definition) is 2. The minimum Gasteiger partial charge on any atom is -0.496 e. The highest BCUT2D eigenvalue weighted by Gasteiger charge is 2.11. The van der Waals surface area contributed by atoms with E-state index in [-0.39, 0.29) is 6.61 Å². The summed E-state index contributed by atoms with van der Waals surface area (Å²) in [5.41, 5.74) is 8.55. The molecule has 0 aliphatic carbocycles. The number of ether oxygens (including phenoxy) is 2. The Balaban J connectivity index is 1.97. The molecule has 0 heterocycles. The number of benzene rings is 2. The number of nitrogens with one attached hydrogen (secondary N) is 1. The summed E-state index contributed by atoms with van der Waals surface area (Å²) in [6, 6.07) is 11.9. The van der Waals surface area contributed by atoms with E-state index in [9.17, 15) is 9.59 Å². The molecule has 0 fully saturated rings. The summed E-state index contributed by atoms with van der Waals surface area (Å²) >= 11 is 3.31. The van der Waals surface area contributed by atoms with Crippen LogP contribution in [0.25, 0.3) is 0 Å². The van der Waals surface area contributed by atoms with Gasteiger partial charge in [0.05, 0.1) is 18.9 Å². The van der Waals surface area contributed by atoms with Gasteiger partial charge in [0, 0.05) is 4.47 Å². The van der Waals surface area contributed by atoms with Crippen molar-refractivity contribution in [2.24, 2.45) is 10.8 Å². The van der Waals surface area contributed by atoms with E-state index >= 15 is 0 Å². The van der Waals surface area contributed by atoms with Crippen LogP contribution in [0.15, 0.2) is 52.0 Å². The maximum absolute atomic E-state index is 12.2. The average Bonchev–Trinajstić information content (AvgIpc) is 2.60. The summed E-state index contributed by atoms with van der Waals surface area (Å²) in [5, 5.41) is 3.92. The summed E-state index contributed by atoms with van der Waals surface area (Å²) in [7, 11) is 1.49. The van der Waals surface area contributed by atoms with Crippen LogP contribution in [-0.2, 0) is 4.79 Å². The maximum atomic E-state index is 12.2. The molecule has 0 atom stereocenters. The number of carbonyl (C=O) groups excluding carboxylic acids is 2. The van der Waals surface area contributed by atoms with Gasteiger partial charge in [-0.15, -0.1) is 0 Å². The van der Waals surface area contributed by atoms with Gasteiger partial charge in [-0.3, -0.25) is 9.59 Å². The molecule has 2 aromatic carbocycles. The maximum Gasteiger partial charge on any atom is 0.275 e. The molecular formula is C17H16BrN3O4. The first-order valence-corrected chi connectivity index (χ1v) is 7.97. The highest BCUT2D eigenvalue weighted by molar-refractivity contribution is 9.10. The molecule has 8 heteroatoms. The molecular weight excluding hydrogens is 390 g/mol. The highest BCUT2D eigenvalue weighted by Crippen LogP contribution is 2.22. The Hall–Kier alpha value is -2.87. The van der Waals surface area contributed by atoms with Crippen molar-refractivity contribution in [3.05, 3.63) is 58.1 Å². The van der Waals surface area contributed by atoms with Gasteiger partial charge >= 0.3 is 0 Å². The Morgan fingerprint density at radius 1 is 1.24 bits per heavy atom. The smallest absolute Gasteiger partial charge is 0.275 e. The van der Waals surface area contributed by atoms with E-state index in [1.54, 1.807) is 42.5 Å². The van der Waals surface area contributed by atoms with Crippen molar-refractivity contribution in [3.8, 4) is 11.5 Å². The van der Waals surface area contributed by atoms with Crippen molar-refractivity contribution in [1.29, 1.82) is 0 Å². The molecule has 0 saturated carbocycles. The Morgan fingerprint density at radius 2 is 1.96 bits per heavy atom. The first-order valence-electron chi connectivity index (χ1n) is 7.17. The van der Waals surface area contributed by atoms with Gasteiger partial charge in [-0.05, 0) is 48.0 Å². The van der Waals surface area contributed by atoms with Crippen molar-refractivity contribution in [3.63, 3.8) is 0 Å². The van der Waals surface area contributed by atoms with Gasteiger partial charge in [-0.2, -0.15) is 5.10 Å². The van der Waals surface area contributed by atoms with Crippen LogP contribution in [0.1, 0.15) is 15.9 Å². The number of amides is 2. The van der Waals surface area contributed by atoms with Gasteiger partial charge in [0.2, 0.25) is 0 Å². The van der Waals surface area contributed by atoms with Crippen molar-refractivity contribution in [1.82, 2.24) is 5.43 Å². The summed E-state index contributed by atoms with van der Waals surface area (Å²) in [5.74, 6) is 0.0258. The van der Waals surface area contributed by atoms with E-state index in [1.807, 2.05) is 0 Å². The Bertz CT molecular complexity index is 791. The van der Waals surface area contributed by atoms with E-state index in [1.165, 1.54) is 13.3 Å². The number of nitrogens with two attached hydrogens (primary N) is 1. The first-order chi connectivity index (χ1) is 12.0. The third-order valence-corrected chi connectivity index (χ3v) is 3.54. The van der Waals surface area contributed by atoms with Crippen molar-refractivity contribution in [2.75, 3.05) is 13.7 Å². The monoisotopic (exact) mass is 405 g/mol. The zero-order valence-electron chi connectivity index (χ0n) is 13.4. The molecule has 0 spiro atoms. The molecule has 0 aliphatic heterocycles. The fourth-order valence-electron chi connectivity index (χ4n) is 1.89. The number of methoxy groups -OCH3 is 1. The molecule has 0 aliphatic rings. The van der Waals surface area contributed by atoms with Crippen LogP contribution >= 0.6 is 15.9 Å². The minimum absolute atomic E-state index is 0.183. The van der Waals surface area contributed by atoms with Crippen LogP contribution in [0.2, 0.25) is 0 Å². The summed E-state index contributed by atoms with van der Waals surface area (Å²) in [4.78, 5) is 22.8. The Labute approximate surface area is 152 Å². The molecule has 0 saturated heterocycles. The Kier molecular flexibility index (Phi) is 6.53. The van der Waals surface area contributed by atoms with Crippen LogP contribution in [0.3, 0.4) is 0 Å². The zero-order chi connectivity index (χ0) is 18.2. The lowest BCUT2D eigenvalue weighted by Gasteiger charge is -2.07. The van der Waals surface area contributed by atoms with Gasteiger partial charge < -0.3 is 15.2 Å². The molecule has 3 N–H and O–H groups in total. The second kappa shape index (κ2) is 8.84. The quantitative estimate of drug-likeness (QED) is 0.543. The third kappa shape index (κ3) is 5.61. The molecule has 2 amide bonds. The lowest BCUT2D eigenvalue weighted by Crippen LogP contribution is -2.20. The molecule has 2 rings (SSSR count). The zero-order valence-corrected chi connectivity index (χ0v) is 14.9. The van der Waals surface area contributed by atoms with Gasteiger partial charge in [0.25, 0.3) is 11.8 Å². The minimum atomic E-state index is -0.545. The van der Waals surface area contributed by atoms with E-state index in [2.05, 4.69) is 26.5 Å². The van der Waals surface area contributed by atoms with Gasteiger partial charge in [0.1, 0.15) is 11.5 Å². The number of hydrogen-bond acceptors (Lipinski definition) is 5. The summed E-state index contributed by atoms with van der Waals surface area (Å²) in [6.07, 6.45) is 1.49. The van der Waals surface area contributed by atoms with E-state index in [0.29, 0.717) is 17.1 Å². The molecule has 0 unspecified atom stereocenters. The SMILES string of the molecule is COc1ccc(Br)cc1C(=O)N/N=C\c1ccc(OCC(N)=O)cc1. The topological polar surface area (TPSA) is 103 Å².